The number of hydrogen-bond acceptors (Lipinski definition) is 5. The molecule has 4 nitrogen and oxygen atoms in total. The van der Waals surface area contributed by atoms with E-state index in [1.165, 1.54) is 17.2 Å². The van der Waals surface area contributed by atoms with Gasteiger partial charge in [-0.05, 0) is 29.3 Å². The van der Waals surface area contributed by atoms with Gasteiger partial charge in [-0.15, -0.1) is 11.3 Å². The highest BCUT2D eigenvalue weighted by Gasteiger charge is 2.23. The highest BCUT2D eigenvalue weighted by Crippen LogP contribution is 2.25. The number of rotatable bonds is 5. The third-order valence-electron chi connectivity index (χ3n) is 3.01. The maximum Gasteiger partial charge on any atom is 0.325 e. The molecule has 0 bridgehead atoms. The number of benzene rings is 1. The number of methoxy groups -OCH3 is 1. The fourth-order valence-corrected chi connectivity index (χ4v) is 2.93. The van der Waals surface area contributed by atoms with E-state index in [1.54, 1.807) is 18.3 Å². The molecular weight excluding hydrogens is 262 g/mol. The Kier molecular flexibility index (Phi) is 4.52. The number of ether oxygens (including phenoxy) is 1. The molecule has 2 atom stereocenters. The number of thiophene rings is 1. The van der Waals surface area contributed by atoms with Gasteiger partial charge < -0.3 is 9.84 Å². The van der Waals surface area contributed by atoms with Crippen molar-refractivity contribution in [2.75, 3.05) is 7.11 Å². The number of esters is 1. The van der Waals surface area contributed by atoms with E-state index in [0.717, 1.165) is 5.56 Å². The van der Waals surface area contributed by atoms with Crippen LogP contribution in [0.1, 0.15) is 12.5 Å². The second-order valence-corrected chi connectivity index (χ2v) is 5.29. The molecule has 0 spiro atoms. The summed E-state index contributed by atoms with van der Waals surface area (Å²) in [5.41, 5.74) is 1.12. The first-order valence-corrected chi connectivity index (χ1v) is 6.96. The Morgan fingerprint density at radius 2 is 2.21 bits per heavy atom. The summed E-state index contributed by atoms with van der Waals surface area (Å²) >= 11 is 1.67. The molecule has 2 rings (SSSR count). The molecule has 5 heteroatoms. The molecule has 2 aromatic rings. The van der Waals surface area contributed by atoms with Gasteiger partial charge in [0.05, 0.1) is 13.2 Å². The lowest BCUT2D eigenvalue weighted by atomic mass is 10.1. The monoisotopic (exact) mass is 279 g/mol. The second kappa shape index (κ2) is 6.14. The minimum atomic E-state index is -0.794. The average molecular weight is 279 g/mol. The van der Waals surface area contributed by atoms with Crippen molar-refractivity contribution in [1.82, 2.24) is 5.32 Å². The van der Waals surface area contributed by atoms with E-state index in [0.29, 0.717) is 6.54 Å². The zero-order valence-corrected chi connectivity index (χ0v) is 11.7. The van der Waals surface area contributed by atoms with Gasteiger partial charge in [0.15, 0.2) is 0 Å². The first-order chi connectivity index (χ1) is 9.13. The summed E-state index contributed by atoms with van der Waals surface area (Å²) in [6.45, 7) is 2.09. The predicted molar refractivity (Wildman–Crippen MR) is 76.1 cm³/mol. The van der Waals surface area contributed by atoms with E-state index in [4.69, 9.17) is 0 Å². The Morgan fingerprint density at radius 1 is 1.47 bits per heavy atom. The Balaban J connectivity index is 2.11. The van der Waals surface area contributed by atoms with Crippen LogP contribution in [-0.2, 0) is 16.1 Å². The van der Waals surface area contributed by atoms with Gasteiger partial charge >= 0.3 is 5.97 Å². The number of aliphatic hydroxyl groups is 1. The van der Waals surface area contributed by atoms with E-state index >= 15 is 0 Å². The van der Waals surface area contributed by atoms with Crippen LogP contribution in [0, 0.1) is 0 Å². The quantitative estimate of drug-likeness (QED) is 0.821. The third-order valence-corrected chi connectivity index (χ3v) is 4.02. The molecule has 0 fully saturated rings. The van der Waals surface area contributed by atoms with Gasteiger partial charge in [0.25, 0.3) is 0 Å². The summed E-state index contributed by atoms with van der Waals surface area (Å²) in [5.74, 6) is -0.450. The third kappa shape index (κ3) is 3.12. The van der Waals surface area contributed by atoms with Crippen LogP contribution in [0.3, 0.4) is 0 Å². The molecule has 19 heavy (non-hydrogen) atoms. The van der Waals surface area contributed by atoms with Crippen LogP contribution in [-0.4, -0.2) is 30.3 Å². The van der Waals surface area contributed by atoms with Crippen LogP contribution in [0.2, 0.25) is 0 Å². The van der Waals surface area contributed by atoms with Crippen LogP contribution >= 0.6 is 11.3 Å². The molecule has 2 N–H and O–H groups in total. The van der Waals surface area contributed by atoms with Gasteiger partial charge in [-0.3, -0.25) is 10.1 Å². The van der Waals surface area contributed by atoms with Crippen molar-refractivity contribution in [2.24, 2.45) is 0 Å². The molecule has 0 aliphatic carbocycles. The molecule has 0 aliphatic heterocycles. The van der Waals surface area contributed by atoms with E-state index in [1.807, 2.05) is 12.1 Å². The number of hydrogen-bond donors (Lipinski definition) is 2. The Labute approximate surface area is 116 Å². The van der Waals surface area contributed by atoms with Crippen molar-refractivity contribution < 1.29 is 14.6 Å². The van der Waals surface area contributed by atoms with Crippen molar-refractivity contribution in [2.45, 2.75) is 25.6 Å². The molecule has 0 unspecified atom stereocenters. The van der Waals surface area contributed by atoms with Crippen molar-refractivity contribution in [3.63, 3.8) is 0 Å². The smallest absolute Gasteiger partial charge is 0.325 e. The van der Waals surface area contributed by atoms with Crippen LogP contribution in [0.5, 0.6) is 0 Å². The maximum absolute atomic E-state index is 11.5. The zero-order valence-electron chi connectivity index (χ0n) is 10.9. The molecular formula is C14H17NO3S. The van der Waals surface area contributed by atoms with E-state index < -0.39 is 18.1 Å². The molecule has 0 aliphatic rings. The Hall–Kier alpha value is -1.43. The fraction of sp³-hybridized carbons (Fsp3) is 0.357. The number of fused-ring (bicyclic) bond motifs is 1. The highest BCUT2D eigenvalue weighted by molar-refractivity contribution is 7.17. The molecule has 102 valence electrons. The normalized spacial score (nSPS) is 14.3. The van der Waals surface area contributed by atoms with Gasteiger partial charge in [0.2, 0.25) is 0 Å². The fourth-order valence-electron chi connectivity index (χ4n) is 1.97. The lowest BCUT2D eigenvalue weighted by Gasteiger charge is -2.18. The molecule has 1 aromatic carbocycles. The highest BCUT2D eigenvalue weighted by atomic mass is 32.1. The molecule has 1 aromatic heterocycles. The second-order valence-electron chi connectivity index (χ2n) is 4.38. The largest absolute Gasteiger partial charge is 0.468 e. The average Bonchev–Trinajstić information content (AvgIpc) is 2.82. The summed E-state index contributed by atoms with van der Waals surface area (Å²) in [6, 6.07) is 7.41. The standard InChI is InChI=1S/C14H17NO3S/c1-9(16)13(14(17)18-2)15-7-10-8-19-12-6-4-3-5-11(10)12/h3-6,8-9,13,15-16H,7H2,1-2H3/t9-,13-/m1/s1. The number of carbonyl (C=O) groups excluding carboxylic acids is 1. The van der Waals surface area contributed by atoms with Crippen LogP contribution in [0.4, 0.5) is 0 Å². The lowest BCUT2D eigenvalue weighted by Crippen LogP contribution is -2.45. The molecule has 0 radical (unpaired) electrons. The van der Waals surface area contributed by atoms with Crippen LogP contribution < -0.4 is 5.32 Å². The van der Waals surface area contributed by atoms with E-state index in [-0.39, 0.29) is 0 Å². The summed E-state index contributed by atoms with van der Waals surface area (Å²) in [7, 11) is 1.32. The SMILES string of the molecule is COC(=O)[C@H](NCc1csc2ccccc12)[C@@H](C)O. The first-order valence-electron chi connectivity index (χ1n) is 6.08. The van der Waals surface area contributed by atoms with Gasteiger partial charge in [0.1, 0.15) is 6.04 Å². The maximum atomic E-state index is 11.5. The first kappa shape index (κ1) is 14.0. The van der Waals surface area contributed by atoms with Crippen molar-refractivity contribution in [3.05, 3.63) is 35.2 Å². The van der Waals surface area contributed by atoms with Gasteiger partial charge in [-0.25, -0.2) is 0 Å². The molecule has 0 amide bonds. The van der Waals surface area contributed by atoms with Crippen molar-refractivity contribution in [1.29, 1.82) is 0 Å². The summed E-state index contributed by atoms with van der Waals surface area (Å²) < 4.78 is 5.89. The van der Waals surface area contributed by atoms with Gasteiger partial charge in [-0.1, -0.05) is 18.2 Å². The Bertz CT molecular complexity index is 565. The molecule has 1 heterocycles. The zero-order chi connectivity index (χ0) is 13.8. The number of nitrogens with one attached hydrogen (secondary N) is 1. The van der Waals surface area contributed by atoms with E-state index in [2.05, 4.69) is 27.6 Å². The molecule has 0 saturated heterocycles. The lowest BCUT2D eigenvalue weighted by molar-refractivity contribution is -0.145. The minimum Gasteiger partial charge on any atom is -0.468 e. The Morgan fingerprint density at radius 3 is 2.89 bits per heavy atom. The van der Waals surface area contributed by atoms with Gasteiger partial charge in [-0.2, -0.15) is 0 Å². The summed E-state index contributed by atoms with van der Waals surface area (Å²) in [5, 5.41) is 15.9. The van der Waals surface area contributed by atoms with Crippen molar-refractivity contribution >= 4 is 27.4 Å². The summed E-state index contributed by atoms with van der Waals surface area (Å²) in [4.78, 5) is 11.5. The van der Waals surface area contributed by atoms with Crippen molar-refractivity contribution in [3.8, 4) is 0 Å². The van der Waals surface area contributed by atoms with Crippen LogP contribution in [0.25, 0.3) is 10.1 Å². The molecule has 0 saturated carbocycles. The number of aliphatic hydroxyl groups excluding tert-OH is 1. The van der Waals surface area contributed by atoms with Gasteiger partial charge in [0, 0.05) is 11.2 Å². The predicted octanol–water partition coefficient (Wildman–Crippen LogP) is 1.91. The topological polar surface area (TPSA) is 58.6 Å². The summed E-state index contributed by atoms with van der Waals surface area (Å²) in [6.07, 6.45) is -0.794. The van der Waals surface area contributed by atoms with E-state index in [9.17, 15) is 9.90 Å². The number of carbonyl (C=O) groups is 1. The van der Waals surface area contributed by atoms with Crippen LogP contribution in [0.15, 0.2) is 29.6 Å². The minimum absolute atomic E-state index is 0.450.